The van der Waals surface area contributed by atoms with E-state index in [1.165, 1.54) is 0 Å². The number of benzene rings is 3. The normalized spacial score (nSPS) is 14.9. The van der Waals surface area contributed by atoms with E-state index in [0.29, 0.717) is 5.39 Å². The van der Waals surface area contributed by atoms with E-state index >= 15 is 0 Å². The molecule has 0 fully saturated rings. The fourth-order valence-electron chi connectivity index (χ4n) is 4.44. The van der Waals surface area contributed by atoms with Gasteiger partial charge >= 0.3 is 0 Å². The van der Waals surface area contributed by atoms with Crippen LogP contribution >= 0.6 is 0 Å². The summed E-state index contributed by atoms with van der Waals surface area (Å²) in [4.78, 5) is 26.5. The summed E-state index contributed by atoms with van der Waals surface area (Å²) >= 11 is 0. The summed E-state index contributed by atoms with van der Waals surface area (Å²) in [5.74, 6) is -0.354. The van der Waals surface area contributed by atoms with E-state index < -0.39 is 0 Å². The van der Waals surface area contributed by atoms with Gasteiger partial charge in [-0.15, -0.1) is 0 Å². The van der Waals surface area contributed by atoms with Crippen molar-refractivity contribution in [3.8, 4) is 0 Å². The van der Waals surface area contributed by atoms with Gasteiger partial charge < -0.3 is 9.88 Å². The Hall–Kier alpha value is -3.66. The topological polar surface area (TPSA) is 51.1 Å². The number of nitrogens with zero attached hydrogens (tertiary/aromatic N) is 1. The molecular weight excluding hydrogens is 372 g/mol. The smallest absolute Gasteiger partial charge is 0.257 e. The van der Waals surface area contributed by atoms with Gasteiger partial charge in [0.25, 0.3) is 5.91 Å². The van der Waals surface area contributed by atoms with E-state index in [-0.39, 0.29) is 29.0 Å². The Morgan fingerprint density at radius 3 is 2.20 bits per heavy atom. The van der Waals surface area contributed by atoms with Crippen molar-refractivity contribution in [3.63, 3.8) is 0 Å². The molecule has 4 nitrogen and oxygen atoms in total. The van der Waals surface area contributed by atoms with Crippen LogP contribution in [0, 0.1) is 0 Å². The van der Waals surface area contributed by atoms with E-state index in [1.54, 1.807) is 6.20 Å². The minimum atomic E-state index is -0.354. The zero-order chi connectivity index (χ0) is 20.7. The first-order chi connectivity index (χ1) is 14.6. The van der Waals surface area contributed by atoms with Gasteiger partial charge in [-0.2, -0.15) is 0 Å². The number of aromatic nitrogens is 1. The van der Waals surface area contributed by atoms with Gasteiger partial charge in [0.15, 0.2) is 0 Å². The molecule has 1 aliphatic rings. The van der Waals surface area contributed by atoms with E-state index in [1.807, 2.05) is 72.8 Å². The quantitative estimate of drug-likeness (QED) is 0.548. The molecule has 0 saturated carbocycles. The average molecular weight is 394 g/mol. The zero-order valence-corrected chi connectivity index (χ0v) is 16.7. The van der Waals surface area contributed by atoms with E-state index in [0.717, 1.165) is 28.6 Å². The molecule has 0 aliphatic carbocycles. The Kier molecular flexibility index (Phi) is 4.47. The second-order valence-electron chi connectivity index (χ2n) is 7.87. The number of nitrogens with one attached hydrogen (secondary N) is 1. The van der Waals surface area contributed by atoms with Crippen molar-refractivity contribution < 1.29 is 4.79 Å². The zero-order valence-electron chi connectivity index (χ0n) is 16.7. The second kappa shape index (κ2) is 7.30. The number of carbonyl (C=O) groups is 1. The highest BCUT2D eigenvalue weighted by Crippen LogP contribution is 2.31. The monoisotopic (exact) mass is 394 g/mol. The molecule has 1 aliphatic heterocycles. The van der Waals surface area contributed by atoms with Crippen LogP contribution in [0.1, 0.15) is 46.1 Å². The molecule has 1 N–H and O–H groups in total. The number of rotatable bonds is 4. The van der Waals surface area contributed by atoms with Gasteiger partial charge in [-0.3, -0.25) is 9.59 Å². The maximum absolute atomic E-state index is 13.3. The van der Waals surface area contributed by atoms with E-state index in [2.05, 4.69) is 22.9 Å². The summed E-state index contributed by atoms with van der Waals surface area (Å²) in [6, 6.07) is 25.3. The van der Waals surface area contributed by atoms with Crippen LogP contribution < -0.4 is 10.7 Å². The average Bonchev–Trinajstić information content (AvgIpc) is 3.11. The maximum atomic E-state index is 13.3. The molecule has 2 heterocycles. The second-order valence-corrected chi connectivity index (χ2v) is 7.87. The van der Waals surface area contributed by atoms with Crippen molar-refractivity contribution in [2.24, 2.45) is 0 Å². The van der Waals surface area contributed by atoms with Crippen LogP contribution in [0.4, 0.5) is 0 Å². The number of hydrogen-bond donors (Lipinski definition) is 1. The van der Waals surface area contributed by atoms with Crippen molar-refractivity contribution in [1.29, 1.82) is 0 Å². The lowest BCUT2D eigenvalue weighted by Gasteiger charge is -2.20. The minimum Gasteiger partial charge on any atom is -0.343 e. The van der Waals surface area contributed by atoms with Crippen molar-refractivity contribution in [1.82, 2.24) is 9.88 Å². The lowest BCUT2D eigenvalue weighted by Crippen LogP contribution is -2.33. The summed E-state index contributed by atoms with van der Waals surface area (Å²) in [6.45, 7) is 2.11. The Bertz CT molecular complexity index is 1250. The molecule has 30 heavy (non-hydrogen) atoms. The number of amides is 1. The number of para-hydroxylation sites is 1. The van der Waals surface area contributed by atoms with Crippen LogP contribution in [0.15, 0.2) is 89.9 Å². The molecule has 1 aromatic heterocycles. The molecule has 0 unspecified atom stereocenters. The van der Waals surface area contributed by atoms with E-state index in [4.69, 9.17) is 0 Å². The molecule has 0 saturated heterocycles. The van der Waals surface area contributed by atoms with Gasteiger partial charge in [0.2, 0.25) is 5.43 Å². The van der Waals surface area contributed by atoms with Crippen LogP contribution in [0.5, 0.6) is 0 Å². The molecule has 0 bridgehead atoms. The highest BCUT2D eigenvalue weighted by atomic mass is 16.2. The number of pyridine rings is 1. The van der Waals surface area contributed by atoms with Crippen LogP contribution in [0.2, 0.25) is 0 Å². The van der Waals surface area contributed by atoms with E-state index in [9.17, 15) is 9.59 Å². The van der Waals surface area contributed by atoms with Crippen LogP contribution in [-0.2, 0) is 6.42 Å². The number of carbonyl (C=O) groups excluding carboxylic acids is 1. The van der Waals surface area contributed by atoms with Gasteiger partial charge in [-0.05, 0) is 36.1 Å². The fourth-order valence-corrected chi connectivity index (χ4v) is 4.44. The molecule has 5 rings (SSSR count). The predicted molar refractivity (Wildman–Crippen MR) is 119 cm³/mol. The maximum Gasteiger partial charge on any atom is 0.257 e. The first kappa shape index (κ1) is 18.4. The number of hydrogen-bond acceptors (Lipinski definition) is 2. The molecule has 1 atom stereocenters. The van der Waals surface area contributed by atoms with Crippen molar-refractivity contribution >= 4 is 16.8 Å². The van der Waals surface area contributed by atoms with Gasteiger partial charge in [0, 0.05) is 17.6 Å². The van der Waals surface area contributed by atoms with Gasteiger partial charge in [-0.25, -0.2) is 0 Å². The summed E-state index contributed by atoms with van der Waals surface area (Å²) in [7, 11) is 0. The third-order valence-electron chi connectivity index (χ3n) is 5.91. The molecule has 148 valence electrons. The Labute approximate surface area is 174 Å². The molecule has 0 radical (unpaired) electrons. The van der Waals surface area contributed by atoms with Crippen LogP contribution in [0.25, 0.3) is 10.9 Å². The van der Waals surface area contributed by atoms with Crippen molar-refractivity contribution in [3.05, 3.63) is 118 Å². The predicted octanol–water partition coefficient (Wildman–Crippen LogP) is 4.64. The molecule has 4 heteroatoms. The standard InChI is InChI=1S/C26H22N2O2/c1-17-15-20-13-8-14-21-24(20)28(17)16-22(25(21)29)26(30)27-23(18-9-4-2-5-10-18)19-11-6-3-7-12-19/h2-14,16-17,23H,15H2,1H3,(H,27,30)/t17-/m1/s1. The highest BCUT2D eigenvalue weighted by Gasteiger charge is 2.26. The Balaban J connectivity index is 1.59. The SMILES string of the molecule is C[C@@H]1Cc2cccc3c(=O)c(C(=O)NC(c4ccccc4)c4ccccc4)cn1c23. The molecule has 3 aromatic carbocycles. The minimum absolute atomic E-state index is 0.185. The molecule has 4 aromatic rings. The van der Waals surface area contributed by atoms with Gasteiger partial charge in [-0.1, -0.05) is 72.8 Å². The lowest BCUT2D eigenvalue weighted by atomic mass is 9.98. The van der Waals surface area contributed by atoms with Gasteiger partial charge in [0.1, 0.15) is 5.56 Å². The third-order valence-corrected chi connectivity index (χ3v) is 5.91. The largest absolute Gasteiger partial charge is 0.343 e. The first-order valence-electron chi connectivity index (χ1n) is 10.2. The Morgan fingerprint density at radius 2 is 1.57 bits per heavy atom. The van der Waals surface area contributed by atoms with Crippen LogP contribution in [-0.4, -0.2) is 10.5 Å². The fraction of sp³-hybridized carbons (Fsp3) is 0.154. The third kappa shape index (κ3) is 3.01. The van der Waals surface area contributed by atoms with Gasteiger partial charge in [0.05, 0.1) is 11.6 Å². The summed E-state index contributed by atoms with van der Waals surface area (Å²) in [5.41, 5.74) is 4.03. The Morgan fingerprint density at radius 1 is 0.933 bits per heavy atom. The highest BCUT2D eigenvalue weighted by molar-refractivity contribution is 5.98. The molecular formula is C26H22N2O2. The van der Waals surface area contributed by atoms with Crippen molar-refractivity contribution in [2.75, 3.05) is 0 Å². The van der Waals surface area contributed by atoms with Crippen LogP contribution in [0.3, 0.4) is 0 Å². The lowest BCUT2D eigenvalue weighted by molar-refractivity contribution is 0.0941. The summed E-state index contributed by atoms with van der Waals surface area (Å²) in [5, 5.41) is 3.71. The van der Waals surface area contributed by atoms with Crippen molar-refractivity contribution in [2.45, 2.75) is 25.4 Å². The first-order valence-corrected chi connectivity index (χ1v) is 10.2. The summed E-state index contributed by atoms with van der Waals surface area (Å²) in [6.07, 6.45) is 2.60. The summed E-state index contributed by atoms with van der Waals surface area (Å²) < 4.78 is 2.07. The molecule has 1 amide bonds. The molecule has 0 spiro atoms.